The Labute approximate surface area is 117 Å². The molecule has 0 aliphatic carbocycles. The topological polar surface area (TPSA) is 75.3 Å². The summed E-state index contributed by atoms with van der Waals surface area (Å²) in [6.07, 6.45) is -4.05. The van der Waals surface area contributed by atoms with Crippen LogP contribution in [0.1, 0.15) is 12.8 Å². The number of rotatable bonds is 1. The minimum absolute atomic E-state index is 0.0445. The second-order valence-corrected chi connectivity index (χ2v) is 5.22. The van der Waals surface area contributed by atoms with Crippen LogP contribution in [0.2, 0.25) is 0 Å². The lowest BCUT2D eigenvalue weighted by atomic mass is 9.96. The monoisotopic (exact) mass is 301 g/mol. The van der Waals surface area contributed by atoms with Gasteiger partial charge in [-0.2, -0.15) is 13.2 Å². The van der Waals surface area contributed by atoms with Crippen LogP contribution in [-0.4, -0.2) is 24.2 Å². The van der Waals surface area contributed by atoms with Crippen LogP contribution in [0.25, 0.3) is 11.1 Å². The number of nitrogens with one attached hydrogen (secondary N) is 1. The Kier molecular flexibility index (Phi) is 3.11. The summed E-state index contributed by atoms with van der Waals surface area (Å²) in [5.74, 6) is -1.84. The van der Waals surface area contributed by atoms with Crippen LogP contribution in [0.4, 0.5) is 24.5 Å². The van der Waals surface area contributed by atoms with Crippen LogP contribution in [0.15, 0.2) is 21.3 Å². The maximum atomic E-state index is 12.7. The molecule has 1 aromatic carbocycles. The number of nitrogens with zero attached hydrogens (tertiary/aromatic N) is 1. The highest BCUT2D eigenvalue weighted by molar-refractivity contribution is 5.85. The molecule has 1 aliphatic rings. The van der Waals surface area contributed by atoms with E-state index in [1.807, 2.05) is 4.90 Å². The van der Waals surface area contributed by atoms with Crippen molar-refractivity contribution in [3.05, 3.63) is 22.7 Å². The fourth-order valence-corrected chi connectivity index (χ4v) is 2.72. The van der Waals surface area contributed by atoms with Gasteiger partial charge in [-0.3, -0.25) is 4.98 Å². The average Bonchev–Trinajstić information content (AvgIpc) is 2.76. The summed E-state index contributed by atoms with van der Waals surface area (Å²) in [5.41, 5.74) is 7.74. The summed E-state index contributed by atoms with van der Waals surface area (Å²) in [6.45, 7) is 0.559. The van der Waals surface area contributed by atoms with Gasteiger partial charge in [-0.25, -0.2) is 4.79 Å². The minimum atomic E-state index is -4.14. The van der Waals surface area contributed by atoms with E-state index in [4.69, 9.17) is 10.2 Å². The molecule has 0 radical (unpaired) electrons. The molecule has 0 atom stereocenters. The molecule has 0 spiro atoms. The second kappa shape index (κ2) is 4.71. The van der Waals surface area contributed by atoms with Crippen LogP contribution in [0, 0.1) is 5.92 Å². The largest absolute Gasteiger partial charge is 0.417 e. The Balaban J connectivity index is 1.85. The smallest absolute Gasteiger partial charge is 0.408 e. The lowest BCUT2D eigenvalue weighted by Gasteiger charge is -2.34. The zero-order chi connectivity index (χ0) is 15.2. The minimum Gasteiger partial charge on any atom is -0.408 e. The van der Waals surface area contributed by atoms with Crippen molar-refractivity contribution >= 4 is 22.5 Å². The molecule has 1 aromatic heterocycles. The van der Waals surface area contributed by atoms with E-state index in [1.54, 1.807) is 6.07 Å². The standard InChI is InChI=1S/C13H14F3N3O2/c14-13(15,16)7-1-3-19(4-2-7)10-6-9-11(5-8(10)17)21-12(20)18-9/h5-7H,1-4,17H2,(H,18,20). The van der Waals surface area contributed by atoms with Gasteiger partial charge in [0.15, 0.2) is 5.58 Å². The van der Waals surface area contributed by atoms with Crippen LogP contribution in [-0.2, 0) is 0 Å². The number of anilines is 2. The van der Waals surface area contributed by atoms with E-state index >= 15 is 0 Å². The Bertz CT molecular complexity index is 712. The molecule has 0 bridgehead atoms. The summed E-state index contributed by atoms with van der Waals surface area (Å²) < 4.78 is 42.9. The van der Waals surface area contributed by atoms with Crippen LogP contribution < -0.4 is 16.4 Å². The number of hydrogen-bond acceptors (Lipinski definition) is 4. The molecule has 1 aliphatic heterocycles. The molecule has 8 heteroatoms. The van der Waals surface area contributed by atoms with Gasteiger partial charge in [-0.1, -0.05) is 0 Å². The van der Waals surface area contributed by atoms with Crippen molar-refractivity contribution in [2.75, 3.05) is 23.7 Å². The lowest BCUT2D eigenvalue weighted by molar-refractivity contribution is -0.179. The Morgan fingerprint density at radius 3 is 2.57 bits per heavy atom. The zero-order valence-corrected chi connectivity index (χ0v) is 11.0. The van der Waals surface area contributed by atoms with Crippen molar-refractivity contribution < 1.29 is 17.6 Å². The van der Waals surface area contributed by atoms with Crippen molar-refractivity contribution in [2.24, 2.45) is 5.92 Å². The second-order valence-electron chi connectivity index (χ2n) is 5.22. The Morgan fingerprint density at radius 1 is 1.29 bits per heavy atom. The first-order chi connectivity index (χ1) is 9.84. The van der Waals surface area contributed by atoms with E-state index in [9.17, 15) is 18.0 Å². The van der Waals surface area contributed by atoms with Crippen molar-refractivity contribution in [1.82, 2.24) is 4.98 Å². The molecule has 0 amide bonds. The van der Waals surface area contributed by atoms with E-state index in [0.29, 0.717) is 22.5 Å². The molecule has 0 saturated carbocycles. The van der Waals surface area contributed by atoms with Gasteiger partial charge in [0.25, 0.3) is 0 Å². The first-order valence-corrected chi connectivity index (χ1v) is 6.58. The Hall–Kier alpha value is -2.12. The predicted octanol–water partition coefficient (Wildman–Crippen LogP) is 2.48. The van der Waals surface area contributed by atoms with E-state index in [2.05, 4.69) is 4.98 Å². The van der Waals surface area contributed by atoms with E-state index < -0.39 is 17.9 Å². The third-order valence-electron chi connectivity index (χ3n) is 3.87. The first kappa shape index (κ1) is 13.8. The molecule has 5 nitrogen and oxygen atoms in total. The molecular formula is C13H14F3N3O2. The summed E-state index contributed by atoms with van der Waals surface area (Å²) >= 11 is 0. The van der Waals surface area contributed by atoms with Crippen molar-refractivity contribution in [3.63, 3.8) is 0 Å². The summed E-state index contributed by atoms with van der Waals surface area (Å²) in [4.78, 5) is 15.5. The van der Waals surface area contributed by atoms with E-state index in [0.717, 1.165) is 0 Å². The zero-order valence-electron chi connectivity index (χ0n) is 11.0. The van der Waals surface area contributed by atoms with Crippen molar-refractivity contribution in [2.45, 2.75) is 19.0 Å². The van der Waals surface area contributed by atoms with Gasteiger partial charge in [0.05, 0.1) is 22.8 Å². The predicted molar refractivity (Wildman–Crippen MR) is 72.2 cm³/mol. The molecule has 2 aromatic rings. The van der Waals surface area contributed by atoms with Gasteiger partial charge < -0.3 is 15.1 Å². The third-order valence-corrected chi connectivity index (χ3v) is 3.87. The van der Waals surface area contributed by atoms with Crippen LogP contribution in [0.3, 0.4) is 0 Å². The van der Waals surface area contributed by atoms with Gasteiger partial charge in [0, 0.05) is 19.2 Å². The fraction of sp³-hybridized carbons (Fsp3) is 0.462. The molecule has 2 heterocycles. The number of nitrogen functional groups attached to an aromatic ring is 1. The quantitative estimate of drug-likeness (QED) is 0.794. The number of hydrogen-bond donors (Lipinski definition) is 2. The summed E-state index contributed by atoms with van der Waals surface area (Å²) in [5, 5.41) is 0. The number of alkyl halides is 3. The normalized spacial score (nSPS) is 17.6. The highest BCUT2D eigenvalue weighted by Crippen LogP contribution is 2.37. The number of oxazole rings is 1. The fourth-order valence-electron chi connectivity index (χ4n) is 2.72. The number of nitrogens with two attached hydrogens (primary N) is 1. The van der Waals surface area contributed by atoms with E-state index in [1.165, 1.54) is 6.07 Å². The maximum absolute atomic E-state index is 12.7. The molecule has 21 heavy (non-hydrogen) atoms. The van der Waals surface area contributed by atoms with Gasteiger partial charge in [0.1, 0.15) is 0 Å². The number of piperidine rings is 1. The number of fused-ring (bicyclic) bond motifs is 1. The van der Waals surface area contributed by atoms with Crippen molar-refractivity contribution in [1.29, 1.82) is 0 Å². The van der Waals surface area contributed by atoms with Gasteiger partial charge >= 0.3 is 11.9 Å². The van der Waals surface area contributed by atoms with E-state index in [-0.39, 0.29) is 25.9 Å². The Morgan fingerprint density at radius 2 is 1.95 bits per heavy atom. The lowest BCUT2D eigenvalue weighted by Crippen LogP contribution is -2.39. The van der Waals surface area contributed by atoms with Gasteiger partial charge in [-0.05, 0) is 18.9 Å². The number of benzene rings is 1. The SMILES string of the molecule is Nc1cc2oc(=O)[nH]c2cc1N1CCC(C(F)(F)F)CC1. The average molecular weight is 301 g/mol. The number of halogens is 3. The molecule has 114 valence electrons. The molecule has 3 rings (SSSR count). The number of aromatic nitrogens is 1. The van der Waals surface area contributed by atoms with Gasteiger partial charge in [-0.15, -0.1) is 0 Å². The highest BCUT2D eigenvalue weighted by Gasteiger charge is 2.41. The van der Waals surface area contributed by atoms with Gasteiger partial charge in [0.2, 0.25) is 0 Å². The first-order valence-electron chi connectivity index (χ1n) is 6.58. The van der Waals surface area contributed by atoms with Crippen LogP contribution >= 0.6 is 0 Å². The summed E-state index contributed by atoms with van der Waals surface area (Å²) in [6, 6.07) is 3.15. The number of H-pyrrole nitrogens is 1. The molecule has 3 N–H and O–H groups in total. The molecule has 1 fully saturated rings. The maximum Gasteiger partial charge on any atom is 0.417 e. The highest BCUT2D eigenvalue weighted by atomic mass is 19.4. The molecule has 1 saturated heterocycles. The molecular weight excluding hydrogens is 287 g/mol. The van der Waals surface area contributed by atoms with Crippen LogP contribution in [0.5, 0.6) is 0 Å². The molecule has 0 unspecified atom stereocenters. The third kappa shape index (κ3) is 2.57. The summed E-state index contributed by atoms with van der Waals surface area (Å²) in [7, 11) is 0. The van der Waals surface area contributed by atoms with Crippen molar-refractivity contribution in [3.8, 4) is 0 Å². The number of aromatic amines is 1.